The van der Waals surface area contributed by atoms with E-state index in [9.17, 15) is 5.11 Å². The first kappa shape index (κ1) is 15.2. The molecule has 0 radical (unpaired) electrons. The Morgan fingerprint density at radius 1 is 1.33 bits per heavy atom. The zero-order chi connectivity index (χ0) is 11.7. The van der Waals surface area contributed by atoms with Crippen molar-refractivity contribution in [2.24, 2.45) is 0 Å². The lowest BCUT2D eigenvalue weighted by Gasteiger charge is -2.12. The lowest BCUT2D eigenvalue weighted by Crippen LogP contribution is -2.24. The van der Waals surface area contributed by atoms with Gasteiger partial charge in [0.1, 0.15) is 0 Å². The maximum Gasteiger partial charge on any atom is 0.0699 e. The molecule has 0 spiro atoms. The van der Waals surface area contributed by atoms with E-state index >= 15 is 0 Å². The highest BCUT2D eigenvalue weighted by atomic mass is 32.1. The van der Waals surface area contributed by atoms with Crippen LogP contribution in [0.4, 0.5) is 0 Å². The van der Waals surface area contributed by atoms with Gasteiger partial charge in [-0.2, -0.15) is 12.6 Å². The molecule has 0 saturated heterocycles. The second-order valence-corrected chi connectivity index (χ2v) is 7.72. The van der Waals surface area contributed by atoms with Gasteiger partial charge in [-0.05, 0) is 6.42 Å². The summed E-state index contributed by atoms with van der Waals surface area (Å²) in [6.07, 6.45) is 6.53. The topological polar surface area (TPSA) is 40.5 Å². The fourth-order valence-corrected chi connectivity index (χ4v) is 3.63. The fraction of sp³-hybridized carbons (Fsp3) is 0.909. The molecule has 1 atom stereocenters. The maximum atomic E-state index is 9.64. The van der Waals surface area contributed by atoms with Crippen LogP contribution in [-0.4, -0.2) is 35.5 Å². The fourth-order valence-electron chi connectivity index (χ4n) is 1.48. The summed E-state index contributed by atoms with van der Waals surface area (Å²) in [4.78, 5) is 0.318. The molecule has 0 amide bonds. The minimum Gasteiger partial charge on any atom is -0.518 e. The summed E-state index contributed by atoms with van der Waals surface area (Å²) in [5.41, 5.74) is 0. The molecule has 0 heterocycles. The monoisotopic (exact) mass is 248 g/mol. The molecule has 2 N–H and O–H groups in total. The number of unbranched alkanes of at least 4 members (excludes halogenated alkanes) is 3. The van der Waals surface area contributed by atoms with Crippen molar-refractivity contribution in [2.75, 3.05) is 6.61 Å². The third-order valence-electron chi connectivity index (χ3n) is 2.63. The van der Waals surface area contributed by atoms with Crippen LogP contribution in [0.3, 0.4) is 0 Å². The van der Waals surface area contributed by atoms with Crippen LogP contribution in [0.2, 0.25) is 6.55 Å². The second kappa shape index (κ2) is 9.42. The zero-order valence-electron chi connectivity index (χ0n) is 9.87. The van der Waals surface area contributed by atoms with Crippen molar-refractivity contribution in [3.63, 3.8) is 0 Å². The Bertz CT molecular complexity index is 195. The molecule has 0 saturated carbocycles. The van der Waals surface area contributed by atoms with Crippen molar-refractivity contribution < 1.29 is 10.2 Å². The third kappa shape index (κ3) is 7.14. The third-order valence-corrected chi connectivity index (χ3v) is 6.50. The van der Waals surface area contributed by atoms with E-state index in [2.05, 4.69) is 26.1 Å². The summed E-state index contributed by atoms with van der Waals surface area (Å²) in [7, 11) is -0.918. The van der Waals surface area contributed by atoms with Gasteiger partial charge >= 0.3 is 0 Å². The number of hydrogen-bond acceptors (Lipinski definition) is 3. The molecule has 0 aromatic heterocycles. The summed E-state index contributed by atoms with van der Waals surface area (Å²) >= 11 is 4.54. The first-order valence-corrected chi connectivity index (χ1v) is 8.40. The molecule has 1 unspecified atom stereocenters. The number of thiol groups is 1. The number of rotatable bonds is 8. The summed E-state index contributed by atoms with van der Waals surface area (Å²) in [6.45, 7) is 4.32. The van der Waals surface area contributed by atoms with Gasteiger partial charge in [0.2, 0.25) is 0 Å². The van der Waals surface area contributed by atoms with E-state index in [1.165, 1.54) is 25.7 Å². The van der Waals surface area contributed by atoms with E-state index in [1.807, 2.05) is 0 Å². The minimum absolute atomic E-state index is 0.0458. The van der Waals surface area contributed by atoms with Gasteiger partial charge in [-0.3, -0.25) is 0 Å². The average molecular weight is 248 g/mol. The van der Waals surface area contributed by atoms with Crippen molar-refractivity contribution in [3.05, 3.63) is 0 Å². The first-order valence-electron chi connectivity index (χ1n) is 5.81. The minimum atomic E-state index is -0.918. The predicted molar refractivity (Wildman–Crippen MR) is 71.8 cm³/mol. The number of hydrogen-bond donors (Lipinski definition) is 3. The Labute approximate surface area is 100 Å². The summed E-state index contributed by atoms with van der Waals surface area (Å²) in [6, 6.07) is 0. The summed E-state index contributed by atoms with van der Waals surface area (Å²) in [5, 5.41) is 18.9. The van der Waals surface area contributed by atoms with Gasteiger partial charge in [-0.15, -0.1) is 0 Å². The Morgan fingerprint density at radius 2 is 2.00 bits per heavy atom. The first-order chi connectivity index (χ1) is 7.13. The molecule has 4 heteroatoms. The Hall–Kier alpha value is 0.197. The Morgan fingerprint density at radius 3 is 2.53 bits per heavy atom. The highest BCUT2D eigenvalue weighted by molar-refractivity contribution is 7.82. The van der Waals surface area contributed by atoms with Gasteiger partial charge in [-0.25, -0.2) is 0 Å². The van der Waals surface area contributed by atoms with E-state index < -0.39 is 8.41 Å². The Balaban J connectivity index is 3.87. The Kier molecular flexibility index (Phi) is 9.55. The molecule has 0 fully saturated rings. The largest absolute Gasteiger partial charge is 0.518 e. The van der Waals surface area contributed by atoms with E-state index in [1.54, 1.807) is 0 Å². The average Bonchev–Trinajstić information content (AvgIpc) is 2.23. The van der Waals surface area contributed by atoms with Gasteiger partial charge < -0.3 is 10.2 Å². The van der Waals surface area contributed by atoms with E-state index in [0.717, 1.165) is 6.42 Å². The molecule has 0 aliphatic carbocycles. The second-order valence-electron chi connectivity index (χ2n) is 3.97. The molecule has 0 aliphatic rings. The predicted octanol–water partition coefficient (Wildman–Crippen LogP) is 2.39. The van der Waals surface area contributed by atoms with Crippen LogP contribution in [0.1, 0.15) is 45.4 Å². The van der Waals surface area contributed by atoms with E-state index in [4.69, 9.17) is 5.11 Å². The standard InChI is InChI=1S/C11H24O2SSi/c1-3-4-5-6-7-11(14)15(2)10(13)8-9-12/h11-14H,3-9H2,1-2H3/b15-10-. The smallest absolute Gasteiger partial charge is 0.0699 e. The highest BCUT2D eigenvalue weighted by Gasteiger charge is 2.10. The van der Waals surface area contributed by atoms with E-state index in [-0.39, 0.29) is 6.61 Å². The SMILES string of the molecule is CCCCCCC(S)/[Si](C)=C(\O)CCO. The summed E-state index contributed by atoms with van der Waals surface area (Å²) < 4.78 is 0. The molecular weight excluding hydrogens is 224 g/mol. The van der Waals surface area contributed by atoms with Crippen LogP contribution in [0, 0.1) is 0 Å². The molecular formula is C11H24O2SSi. The van der Waals surface area contributed by atoms with Crippen LogP contribution >= 0.6 is 12.6 Å². The van der Waals surface area contributed by atoms with Crippen LogP contribution in [0.25, 0.3) is 0 Å². The van der Waals surface area contributed by atoms with Crippen molar-refractivity contribution in [1.29, 1.82) is 0 Å². The van der Waals surface area contributed by atoms with Crippen LogP contribution in [-0.2, 0) is 0 Å². The van der Waals surface area contributed by atoms with Crippen LogP contribution < -0.4 is 0 Å². The molecule has 0 rings (SSSR count). The van der Waals surface area contributed by atoms with Crippen molar-refractivity contribution in [2.45, 2.75) is 56.9 Å². The summed E-state index contributed by atoms with van der Waals surface area (Å²) in [5.74, 6) is 0. The maximum absolute atomic E-state index is 9.64. The lowest BCUT2D eigenvalue weighted by molar-refractivity contribution is 0.300. The number of aliphatic hydroxyl groups excluding tert-OH is 2. The highest BCUT2D eigenvalue weighted by Crippen LogP contribution is 2.11. The van der Waals surface area contributed by atoms with Gasteiger partial charge in [0.25, 0.3) is 0 Å². The molecule has 0 bridgehead atoms. The van der Waals surface area contributed by atoms with Crippen molar-refractivity contribution >= 4 is 26.4 Å². The van der Waals surface area contributed by atoms with Crippen LogP contribution in [0.15, 0.2) is 0 Å². The molecule has 0 aromatic rings. The number of aliphatic hydroxyl groups is 2. The molecule has 0 aliphatic heterocycles. The zero-order valence-corrected chi connectivity index (χ0v) is 11.8. The molecule has 90 valence electrons. The van der Waals surface area contributed by atoms with Gasteiger partial charge in [0.15, 0.2) is 0 Å². The van der Waals surface area contributed by atoms with Crippen molar-refractivity contribution in [1.82, 2.24) is 0 Å². The molecule has 2 nitrogen and oxygen atoms in total. The van der Waals surface area contributed by atoms with Gasteiger partial charge in [0, 0.05) is 17.9 Å². The van der Waals surface area contributed by atoms with Crippen LogP contribution in [0.5, 0.6) is 0 Å². The molecule has 15 heavy (non-hydrogen) atoms. The quantitative estimate of drug-likeness (QED) is 0.351. The van der Waals surface area contributed by atoms with Gasteiger partial charge in [0.05, 0.1) is 13.8 Å². The lowest BCUT2D eigenvalue weighted by atomic mass is 10.2. The normalized spacial score (nSPS) is 14.9. The van der Waals surface area contributed by atoms with Crippen molar-refractivity contribution in [3.8, 4) is 0 Å². The van der Waals surface area contributed by atoms with E-state index in [0.29, 0.717) is 16.6 Å². The van der Waals surface area contributed by atoms with Gasteiger partial charge in [-0.1, -0.05) is 39.2 Å². The molecule has 0 aromatic carbocycles.